The van der Waals surface area contributed by atoms with Crippen LogP contribution in [0.15, 0.2) is 29.2 Å². The highest BCUT2D eigenvalue weighted by Crippen LogP contribution is 2.37. The van der Waals surface area contributed by atoms with Crippen molar-refractivity contribution in [3.05, 3.63) is 29.8 Å². The molecule has 2 fully saturated rings. The van der Waals surface area contributed by atoms with Gasteiger partial charge in [0.15, 0.2) is 9.84 Å². The van der Waals surface area contributed by atoms with E-state index in [0.717, 1.165) is 12.8 Å². The Kier molecular flexibility index (Phi) is 3.99. The molecule has 5 nitrogen and oxygen atoms in total. The van der Waals surface area contributed by atoms with E-state index in [1.54, 1.807) is 30.0 Å². The third-order valence-corrected chi connectivity index (χ3v) is 6.82. The van der Waals surface area contributed by atoms with E-state index < -0.39 is 9.84 Å². The van der Waals surface area contributed by atoms with Crippen LogP contribution in [-0.4, -0.2) is 44.1 Å². The van der Waals surface area contributed by atoms with Crippen LogP contribution in [0.3, 0.4) is 0 Å². The average Bonchev–Trinajstić information content (AvgIpc) is 3.09. The molecule has 3 rings (SSSR count). The maximum atomic E-state index is 12.8. The fourth-order valence-corrected chi connectivity index (χ4v) is 4.80. The number of hydrogen-bond donors (Lipinski definition) is 1. The second-order valence-corrected chi connectivity index (χ2v) is 8.52. The van der Waals surface area contributed by atoms with Gasteiger partial charge in [-0.2, -0.15) is 0 Å². The molecule has 120 valence electrons. The van der Waals surface area contributed by atoms with Gasteiger partial charge in [0, 0.05) is 19.1 Å². The van der Waals surface area contributed by atoms with Crippen molar-refractivity contribution in [3.8, 4) is 0 Å². The summed E-state index contributed by atoms with van der Waals surface area (Å²) in [6.07, 6.45) is 2.09. The first kappa shape index (κ1) is 15.5. The van der Waals surface area contributed by atoms with E-state index in [-0.39, 0.29) is 28.2 Å². The first-order chi connectivity index (χ1) is 10.4. The van der Waals surface area contributed by atoms with Crippen LogP contribution in [0, 0.1) is 11.8 Å². The molecule has 0 radical (unpaired) electrons. The van der Waals surface area contributed by atoms with Gasteiger partial charge in [-0.15, -0.1) is 0 Å². The summed E-state index contributed by atoms with van der Waals surface area (Å²) in [5.41, 5.74) is 6.40. The van der Waals surface area contributed by atoms with Gasteiger partial charge in [-0.1, -0.05) is 19.1 Å². The maximum Gasteiger partial charge on any atom is 0.255 e. The van der Waals surface area contributed by atoms with Crippen molar-refractivity contribution in [1.29, 1.82) is 0 Å². The van der Waals surface area contributed by atoms with E-state index >= 15 is 0 Å². The largest absolute Gasteiger partial charge is 0.338 e. The predicted octanol–water partition coefficient (Wildman–Crippen LogP) is 1.29. The average molecular weight is 322 g/mol. The van der Waals surface area contributed by atoms with Gasteiger partial charge in [0.05, 0.1) is 16.2 Å². The lowest BCUT2D eigenvalue weighted by Gasteiger charge is -2.20. The highest BCUT2D eigenvalue weighted by Gasteiger charge is 2.43. The number of nitrogens with zero attached hydrogens (tertiary/aromatic N) is 1. The Morgan fingerprint density at radius 3 is 2.68 bits per heavy atom. The van der Waals surface area contributed by atoms with E-state index in [1.807, 2.05) is 0 Å². The van der Waals surface area contributed by atoms with Crippen molar-refractivity contribution in [2.24, 2.45) is 17.6 Å². The minimum atomic E-state index is -3.41. The maximum absolute atomic E-state index is 12.8. The van der Waals surface area contributed by atoms with Gasteiger partial charge in [-0.3, -0.25) is 4.79 Å². The number of nitrogens with two attached hydrogens (primary N) is 1. The van der Waals surface area contributed by atoms with Gasteiger partial charge in [-0.05, 0) is 36.8 Å². The van der Waals surface area contributed by atoms with Crippen LogP contribution in [0.2, 0.25) is 0 Å². The van der Waals surface area contributed by atoms with E-state index in [9.17, 15) is 13.2 Å². The van der Waals surface area contributed by atoms with Crippen LogP contribution in [0.4, 0.5) is 0 Å². The molecular weight excluding hydrogens is 300 g/mol. The second-order valence-electron chi connectivity index (χ2n) is 6.27. The predicted molar refractivity (Wildman–Crippen MR) is 84.3 cm³/mol. The molecule has 1 aliphatic carbocycles. The molecule has 3 unspecified atom stereocenters. The van der Waals surface area contributed by atoms with Gasteiger partial charge in [0.2, 0.25) is 0 Å². The summed E-state index contributed by atoms with van der Waals surface area (Å²) in [7, 11) is -3.41. The molecule has 1 aromatic carbocycles. The summed E-state index contributed by atoms with van der Waals surface area (Å²) in [4.78, 5) is 14.7. The lowest BCUT2D eigenvalue weighted by atomic mass is 9.98. The van der Waals surface area contributed by atoms with Crippen molar-refractivity contribution < 1.29 is 13.2 Å². The number of amides is 1. The topological polar surface area (TPSA) is 80.5 Å². The number of sulfone groups is 1. The molecule has 1 heterocycles. The summed E-state index contributed by atoms with van der Waals surface area (Å²) in [5.74, 6) is 0.634. The number of carbonyl (C=O) groups excluding carboxylic acids is 1. The smallest absolute Gasteiger partial charge is 0.255 e. The zero-order valence-electron chi connectivity index (χ0n) is 12.7. The molecule has 1 amide bonds. The Labute approximate surface area is 131 Å². The summed E-state index contributed by atoms with van der Waals surface area (Å²) < 4.78 is 24.4. The number of carbonyl (C=O) groups is 1. The van der Waals surface area contributed by atoms with E-state index in [1.165, 1.54) is 6.07 Å². The standard InChI is InChI=1S/C16H22N2O3S/c1-2-22(20,21)15-6-4-3-5-12(15)16(19)18-9-11-7-8-14(17)13(11)10-18/h3-6,11,13-14H,2,7-10,17H2,1H3. The summed E-state index contributed by atoms with van der Waals surface area (Å²) in [6.45, 7) is 2.93. The molecule has 6 heteroatoms. The number of likely N-dealkylation sites (tertiary alicyclic amines) is 1. The van der Waals surface area contributed by atoms with Crippen LogP contribution in [0.5, 0.6) is 0 Å². The van der Waals surface area contributed by atoms with Crippen LogP contribution in [0.1, 0.15) is 30.1 Å². The highest BCUT2D eigenvalue weighted by molar-refractivity contribution is 7.91. The molecule has 1 aromatic rings. The Morgan fingerprint density at radius 2 is 2.00 bits per heavy atom. The molecule has 3 atom stereocenters. The zero-order chi connectivity index (χ0) is 15.9. The van der Waals surface area contributed by atoms with Gasteiger partial charge >= 0.3 is 0 Å². The lowest BCUT2D eigenvalue weighted by Crippen LogP contribution is -2.34. The highest BCUT2D eigenvalue weighted by atomic mass is 32.2. The first-order valence-electron chi connectivity index (χ1n) is 7.80. The molecule has 0 aromatic heterocycles. The Balaban J connectivity index is 1.88. The number of hydrogen-bond acceptors (Lipinski definition) is 4. The van der Waals surface area contributed by atoms with Crippen LogP contribution >= 0.6 is 0 Å². The molecule has 1 aliphatic heterocycles. The van der Waals surface area contributed by atoms with E-state index in [2.05, 4.69) is 0 Å². The van der Waals surface area contributed by atoms with Gasteiger partial charge in [0.1, 0.15) is 0 Å². The summed E-state index contributed by atoms with van der Waals surface area (Å²) in [5, 5.41) is 0. The molecule has 0 bridgehead atoms. The van der Waals surface area contributed by atoms with Crippen LogP contribution in [-0.2, 0) is 9.84 Å². The molecular formula is C16H22N2O3S. The molecule has 2 N–H and O–H groups in total. The SMILES string of the molecule is CCS(=O)(=O)c1ccccc1C(=O)N1CC2CCC(N)C2C1. The summed E-state index contributed by atoms with van der Waals surface area (Å²) >= 11 is 0. The fraction of sp³-hybridized carbons (Fsp3) is 0.562. The van der Waals surface area contributed by atoms with Crippen molar-refractivity contribution in [1.82, 2.24) is 4.90 Å². The minimum absolute atomic E-state index is 0.00653. The minimum Gasteiger partial charge on any atom is -0.338 e. The van der Waals surface area contributed by atoms with Gasteiger partial charge in [0.25, 0.3) is 5.91 Å². The number of benzene rings is 1. The normalized spacial score (nSPS) is 27.9. The molecule has 0 spiro atoms. The summed E-state index contributed by atoms with van der Waals surface area (Å²) in [6, 6.07) is 6.67. The van der Waals surface area contributed by atoms with Crippen molar-refractivity contribution in [3.63, 3.8) is 0 Å². The first-order valence-corrected chi connectivity index (χ1v) is 9.46. The molecule has 22 heavy (non-hydrogen) atoms. The van der Waals surface area contributed by atoms with Crippen LogP contribution < -0.4 is 5.73 Å². The van der Waals surface area contributed by atoms with Crippen molar-refractivity contribution >= 4 is 15.7 Å². The zero-order valence-corrected chi connectivity index (χ0v) is 13.6. The Hall–Kier alpha value is -1.40. The van der Waals surface area contributed by atoms with E-state index in [0.29, 0.717) is 24.9 Å². The van der Waals surface area contributed by atoms with Gasteiger partial charge < -0.3 is 10.6 Å². The number of rotatable bonds is 3. The van der Waals surface area contributed by atoms with E-state index in [4.69, 9.17) is 5.73 Å². The fourth-order valence-electron chi connectivity index (χ4n) is 3.71. The van der Waals surface area contributed by atoms with Gasteiger partial charge in [-0.25, -0.2) is 8.42 Å². The molecule has 1 saturated carbocycles. The number of fused-ring (bicyclic) bond motifs is 1. The molecule has 2 aliphatic rings. The third-order valence-electron chi connectivity index (χ3n) is 5.03. The molecule has 1 saturated heterocycles. The monoisotopic (exact) mass is 322 g/mol. The van der Waals surface area contributed by atoms with Crippen molar-refractivity contribution in [2.45, 2.75) is 30.7 Å². The van der Waals surface area contributed by atoms with Crippen LogP contribution in [0.25, 0.3) is 0 Å². The van der Waals surface area contributed by atoms with Crippen molar-refractivity contribution in [2.75, 3.05) is 18.8 Å². The lowest BCUT2D eigenvalue weighted by molar-refractivity contribution is 0.0776. The third kappa shape index (κ3) is 2.54. The second kappa shape index (κ2) is 5.66. The quantitative estimate of drug-likeness (QED) is 0.909. The Morgan fingerprint density at radius 1 is 1.27 bits per heavy atom. The Bertz CT molecular complexity index is 686.